The highest BCUT2D eigenvalue weighted by Crippen LogP contribution is 2.14. The summed E-state index contributed by atoms with van der Waals surface area (Å²) in [6.07, 6.45) is 1.67. The highest BCUT2D eigenvalue weighted by molar-refractivity contribution is 7.71. The SMILES string of the molecule is CC(C)C(C)(O)CNC(=O)c1ccc[nH]c1=S. The summed E-state index contributed by atoms with van der Waals surface area (Å²) in [6, 6.07) is 3.36. The molecule has 1 atom stereocenters. The number of pyridine rings is 1. The second-order valence-corrected chi connectivity index (χ2v) is 5.02. The predicted molar refractivity (Wildman–Crippen MR) is 69.4 cm³/mol. The topological polar surface area (TPSA) is 65.1 Å². The van der Waals surface area contributed by atoms with Crippen LogP contribution in [0.1, 0.15) is 31.1 Å². The van der Waals surface area contributed by atoms with Crippen LogP contribution in [-0.4, -0.2) is 28.1 Å². The largest absolute Gasteiger partial charge is 0.388 e. The summed E-state index contributed by atoms with van der Waals surface area (Å²) in [5, 5.41) is 12.7. The number of hydrogen-bond donors (Lipinski definition) is 3. The van der Waals surface area contributed by atoms with Gasteiger partial charge in [-0.25, -0.2) is 0 Å². The van der Waals surface area contributed by atoms with Gasteiger partial charge in [0, 0.05) is 12.7 Å². The minimum atomic E-state index is -0.921. The number of carbonyl (C=O) groups is 1. The lowest BCUT2D eigenvalue weighted by Crippen LogP contribution is -2.44. The first-order valence-electron chi connectivity index (χ1n) is 5.53. The second kappa shape index (κ2) is 5.42. The minimum absolute atomic E-state index is 0.0631. The number of aliphatic hydroxyl groups is 1. The Bertz CT molecular complexity index is 452. The molecule has 1 unspecified atom stereocenters. The summed E-state index contributed by atoms with van der Waals surface area (Å²) in [4.78, 5) is 14.6. The number of rotatable bonds is 4. The lowest BCUT2D eigenvalue weighted by atomic mass is 9.92. The van der Waals surface area contributed by atoms with Crippen LogP contribution in [0.4, 0.5) is 0 Å². The Morgan fingerprint density at radius 2 is 2.29 bits per heavy atom. The second-order valence-electron chi connectivity index (χ2n) is 4.61. The van der Waals surface area contributed by atoms with E-state index in [0.717, 1.165) is 0 Å². The molecule has 0 saturated carbocycles. The molecule has 0 saturated heterocycles. The third kappa shape index (κ3) is 3.64. The molecule has 1 heterocycles. The molecule has 17 heavy (non-hydrogen) atoms. The maximum atomic E-state index is 11.8. The molecule has 1 amide bonds. The molecule has 0 fully saturated rings. The third-order valence-electron chi connectivity index (χ3n) is 2.91. The van der Waals surface area contributed by atoms with Gasteiger partial charge in [0.1, 0.15) is 4.64 Å². The fourth-order valence-electron chi connectivity index (χ4n) is 1.16. The first-order chi connectivity index (χ1) is 7.84. The summed E-state index contributed by atoms with van der Waals surface area (Å²) in [7, 11) is 0. The van der Waals surface area contributed by atoms with E-state index in [1.807, 2.05) is 13.8 Å². The van der Waals surface area contributed by atoms with Crippen molar-refractivity contribution in [1.29, 1.82) is 0 Å². The van der Waals surface area contributed by atoms with Crippen molar-refractivity contribution in [1.82, 2.24) is 10.3 Å². The van der Waals surface area contributed by atoms with E-state index in [9.17, 15) is 9.90 Å². The molecule has 0 radical (unpaired) electrons. The van der Waals surface area contributed by atoms with Gasteiger partial charge in [0.15, 0.2) is 0 Å². The van der Waals surface area contributed by atoms with Crippen LogP contribution in [0, 0.1) is 10.6 Å². The van der Waals surface area contributed by atoms with E-state index < -0.39 is 5.60 Å². The molecular formula is C12H18N2O2S. The number of H-pyrrole nitrogens is 1. The Morgan fingerprint density at radius 1 is 1.65 bits per heavy atom. The Hall–Kier alpha value is -1.20. The van der Waals surface area contributed by atoms with E-state index in [1.165, 1.54) is 0 Å². The van der Waals surface area contributed by atoms with Gasteiger partial charge in [-0.3, -0.25) is 4.79 Å². The molecule has 3 N–H and O–H groups in total. The molecule has 1 rings (SSSR count). The zero-order chi connectivity index (χ0) is 13.1. The van der Waals surface area contributed by atoms with Crippen LogP contribution in [0.5, 0.6) is 0 Å². The lowest BCUT2D eigenvalue weighted by Gasteiger charge is -2.27. The minimum Gasteiger partial charge on any atom is -0.388 e. The summed E-state index contributed by atoms with van der Waals surface area (Å²) in [5.74, 6) is -0.208. The summed E-state index contributed by atoms with van der Waals surface area (Å²) in [6.45, 7) is 5.71. The van der Waals surface area contributed by atoms with Crippen LogP contribution < -0.4 is 5.32 Å². The number of aromatic amines is 1. The highest BCUT2D eigenvalue weighted by Gasteiger charge is 2.25. The molecule has 0 aliphatic heterocycles. The van der Waals surface area contributed by atoms with Gasteiger partial charge >= 0.3 is 0 Å². The molecule has 4 nitrogen and oxygen atoms in total. The average Bonchev–Trinajstić information content (AvgIpc) is 2.26. The molecule has 1 aromatic rings. The molecule has 0 aliphatic rings. The van der Waals surface area contributed by atoms with Crippen molar-refractivity contribution in [3.8, 4) is 0 Å². The van der Waals surface area contributed by atoms with Crippen molar-refractivity contribution >= 4 is 18.1 Å². The Kier molecular flexibility index (Phi) is 4.42. The van der Waals surface area contributed by atoms with Gasteiger partial charge in [0.05, 0.1) is 11.2 Å². The smallest absolute Gasteiger partial charge is 0.254 e. The number of aromatic nitrogens is 1. The van der Waals surface area contributed by atoms with Crippen molar-refractivity contribution in [2.24, 2.45) is 5.92 Å². The standard InChI is InChI=1S/C12H18N2O2S/c1-8(2)12(3,16)7-14-10(15)9-5-4-6-13-11(9)17/h4-6,8,16H,7H2,1-3H3,(H,13,17)(H,14,15). The van der Waals surface area contributed by atoms with Crippen molar-refractivity contribution in [3.63, 3.8) is 0 Å². The van der Waals surface area contributed by atoms with E-state index in [4.69, 9.17) is 12.2 Å². The lowest BCUT2D eigenvalue weighted by molar-refractivity contribution is 0.0142. The third-order valence-corrected chi connectivity index (χ3v) is 3.25. The van der Waals surface area contributed by atoms with Crippen LogP contribution in [0.25, 0.3) is 0 Å². The van der Waals surface area contributed by atoms with Crippen LogP contribution >= 0.6 is 12.2 Å². The van der Waals surface area contributed by atoms with Crippen LogP contribution in [0.3, 0.4) is 0 Å². The van der Waals surface area contributed by atoms with E-state index in [1.54, 1.807) is 25.3 Å². The predicted octanol–water partition coefficient (Wildman–Crippen LogP) is 1.88. The number of nitrogens with one attached hydrogen (secondary N) is 2. The summed E-state index contributed by atoms with van der Waals surface area (Å²) < 4.78 is 0.397. The average molecular weight is 254 g/mol. The Balaban J connectivity index is 2.69. The molecule has 5 heteroatoms. The highest BCUT2D eigenvalue weighted by atomic mass is 32.1. The van der Waals surface area contributed by atoms with Gasteiger partial charge in [-0.1, -0.05) is 26.1 Å². The molecule has 0 aliphatic carbocycles. The quantitative estimate of drug-likeness (QED) is 0.719. The van der Waals surface area contributed by atoms with E-state index >= 15 is 0 Å². The van der Waals surface area contributed by atoms with Crippen molar-refractivity contribution in [2.45, 2.75) is 26.4 Å². The maximum absolute atomic E-state index is 11.8. The number of carbonyl (C=O) groups excluding carboxylic acids is 1. The van der Waals surface area contributed by atoms with Crippen LogP contribution in [0.15, 0.2) is 18.3 Å². The Labute approximate surface area is 106 Å². The summed E-state index contributed by atoms with van der Waals surface area (Å²) in [5.41, 5.74) is -0.502. The zero-order valence-corrected chi connectivity index (χ0v) is 11.1. The fraction of sp³-hybridized carbons (Fsp3) is 0.500. The van der Waals surface area contributed by atoms with Crippen molar-refractivity contribution in [3.05, 3.63) is 28.5 Å². The molecule has 0 bridgehead atoms. The normalized spacial score (nSPS) is 14.4. The fourth-order valence-corrected chi connectivity index (χ4v) is 1.39. The van der Waals surface area contributed by atoms with Gasteiger partial charge in [-0.15, -0.1) is 0 Å². The van der Waals surface area contributed by atoms with Gasteiger partial charge in [0.2, 0.25) is 0 Å². The maximum Gasteiger partial charge on any atom is 0.254 e. The van der Waals surface area contributed by atoms with Crippen molar-refractivity contribution in [2.75, 3.05) is 6.54 Å². The first-order valence-corrected chi connectivity index (χ1v) is 5.93. The van der Waals surface area contributed by atoms with Gasteiger partial charge in [0.25, 0.3) is 5.91 Å². The van der Waals surface area contributed by atoms with Crippen molar-refractivity contribution < 1.29 is 9.90 Å². The number of hydrogen-bond acceptors (Lipinski definition) is 3. The Morgan fingerprint density at radius 3 is 2.82 bits per heavy atom. The van der Waals surface area contributed by atoms with E-state index in [0.29, 0.717) is 10.2 Å². The van der Waals surface area contributed by atoms with Gasteiger partial charge < -0.3 is 15.4 Å². The molecule has 0 aromatic carbocycles. The summed E-state index contributed by atoms with van der Waals surface area (Å²) >= 11 is 5.01. The van der Waals surface area contributed by atoms with E-state index in [2.05, 4.69) is 10.3 Å². The molecule has 0 spiro atoms. The van der Waals surface area contributed by atoms with Gasteiger partial charge in [-0.05, 0) is 25.0 Å². The van der Waals surface area contributed by atoms with Crippen LogP contribution in [-0.2, 0) is 0 Å². The van der Waals surface area contributed by atoms with E-state index in [-0.39, 0.29) is 18.4 Å². The van der Waals surface area contributed by atoms with Gasteiger partial charge in [-0.2, -0.15) is 0 Å². The number of amides is 1. The first kappa shape index (κ1) is 13.9. The zero-order valence-electron chi connectivity index (χ0n) is 10.3. The molecular weight excluding hydrogens is 236 g/mol. The van der Waals surface area contributed by atoms with Crippen LogP contribution in [0.2, 0.25) is 0 Å². The monoisotopic (exact) mass is 254 g/mol. The molecule has 1 aromatic heterocycles. The molecule has 94 valence electrons.